The third-order valence-corrected chi connectivity index (χ3v) is 1.88. The molecule has 0 radical (unpaired) electrons. The number of hydrogen-bond acceptors (Lipinski definition) is 3. The zero-order valence-electron chi connectivity index (χ0n) is 6.71. The van der Waals surface area contributed by atoms with Crippen molar-refractivity contribution in [3.05, 3.63) is 29.1 Å². The van der Waals surface area contributed by atoms with Crippen molar-refractivity contribution in [2.75, 3.05) is 6.79 Å². The summed E-state index contributed by atoms with van der Waals surface area (Å²) >= 11 is 0. The van der Waals surface area contributed by atoms with E-state index in [2.05, 4.69) is 0 Å². The Morgan fingerprint density at radius 1 is 1.46 bits per heavy atom. The van der Waals surface area contributed by atoms with E-state index in [1.165, 1.54) is 12.1 Å². The fourth-order valence-electron chi connectivity index (χ4n) is 1.25. The maximum Gasteiger partial charge on any atom is 0.189 e. The Kier molecular flexibility index (Phi) is 1.87. The van der Waals surface area contributed by atoms with Gasteiger partial charge in [-0.15, -0.1) is 0 Å². The van der Waals surface area contributed by atoms with Crippen molar-refractivity contribution in [2.24, 2.45) is 0 Å². The fraction of sp³-hybridized carbons (Fsp3) is 0.222. The van der Waals surface area contributed by atoms with Crippen LogP contribution in [0.1, 0.15) is 11.1 Å². The molecule has 0 amide bonds. The van der Waals surface area contributed by atoms with E-state index in [-0.39, 0.29) is 19.0 Å². The van der Waals surface area contributed by atoms with Gasteiger partial charge in [0.05, 0.1) is 12.2 Å². The van der Waals surface area contributed by atoms with Crippen molar-refractivity contribution < 1.29 is 13.9 Å². The van der Waals surface area contributed by atoms with Gasteiger partial charge in [-0.2, -0.15) is 5.26 Å². The van der Waals surface area contributed by atoms with Crippen LogP contribution in [0.3, 0.4) is 0 Å². The Morgan fingerprint density at radius 2 is 2.31 bits per heavy atom. The van der Waals surface area contributed by atoms with Crippen LogP contribution in [0.2, 0.25) is 0 Å². The Morgan fingerprint density at radius 3 is 3.08 bits per heavy atom. The highest BCUT2D eigenvalue weighted by Crippen LogP contribution is 2.27. The van der Waals surface area contributed by atoms with Crippen LogP contribution < -0.4 is 4.74 Å². The van der Waals surface area contributed by atoms with Gasteiger partial charge in [0.15, 0.2) is 6.79 Å². The quantitative estimate of drug-likeness (QED) is 0.607. The number of halogens is 1. The van der Waals surface area contributed by atoms with E-state index in [1.54, 1.807) is 6.07 Å². The minimum absolute atomic E-state index is 0.0113. The molecule has 0 aliphatic carbocycles. The molecule has 2 rings (SSSR count). The summed E-state index contributed by atoms with van der Waals surface area (Å²) in [6.45, 7) is 0.388. The third kappa shape index (κ3) is 1.23. The molecular weight excluding hydrogens is 173 g/mol. The van der Waals surface area contributed by atoms with Crippen LogP contribution >= 0.6 is 0 Å². The van der Waals surface area contributed by atoms with Gasteiger partial charge in [-0.1, -0.05) is 0 Å². The van der Waals surface area contributed by atoms with Gasteiger partial charge in [-0.3, -0.25) is 0 Å². The first kappa shape index (κ1) is 8.02. The lowest BCUT2D eigenvalue weighted by molar-refractivity contribution is -0.0167. The maximum atomic E-state index is 13.0. The third-order valence-electron chi connectivity index (χ3n) is 1.88. The zero-order chi connectivity index (χ0) is 9.26. The SMILES string of the molecule is N#Cc1c(F)ccc2c1COCO2. The molecule has 0 N–H and O–H groups in total. The Labute approximate surface area is 74.3 Å². The van der Waals surface area contributed by atoms with Crippen LogP contribution in [0.5, 0.6) is 5.75 Å². The largest absolute Gasteiger partial charge is 0.467 e. The zero-order valence-corrected chi connectivity index (χ0v) is 6.71. The summed E-state index contributed by atoms with van der Waals surface area (Å²) in [7, 11) is 0. The van der Waals surface area contributed by atoms with E-state index < -0.39 is 5.82 Å². The number of ether oxygens (including phenoxy) is 2. The van der Waals surface area contributed by atoms with E-state index in [4.69, 9.17) is 14.7 Å². The normalized spacial score (nSPS) is 14.2. The van der Waals surface area contributed by atoms with E-state index >= 15 is 0 Å². The summed E-state index contributed by atoms with van der Waals surface area (Å²) in [4.78, 5) is 0. The molecular formula is C9H6FNO2. The second kappa shape index (κ2) is 3.04. The van der Waals surface area contributed by atoms with Crippen molar-refractivity contribution in [3.63, 3.8) is 0 Å². The molecule has 1 aliphatic rings. The number of hydrogen-bond donors (Lipinski definition) is 0. The minimum Gasteiger partial charge on any atom is -0.467 e. The summed E-state index contributed by atoms with van der Waals surface area (Å²) in [5.74, 6) is -0.000417. The molecule has 13 heavy (non-hydrogen) atoms. The molecule has 0 atom stereocenters. The molecule has 0 saturated carbocycles. The van der Waals surface area contributed by atoms with Gasteiger partial charge in [-0.25, -0.2) is 4.39 Å². The lowest BCUT2D eigenvalue weighted by Gasteiger charge is -2.18. The highest BCUT2D eigenvalue weighted by Gasteiger charge is 2.17. The first-order valence-electron chi connectivity index (χ1n) is 3.75. The molecule has 66 valence electrons. The van der Waals surface area contributed by atoms with Crippen molar-refractivity contribution in [3.8, 4) is 11.8 Å². The predicted molar refractivity (Wildman–Crippen MR) is 41.4 cm³/mol. The Hall–Kier alpha value is -1.60. The molecule has 4 heteroatoms. The first-order chi connectivity index (χ1) is 6.33. The number of nitriles is 1. The van der Waals surface area contributed by atoms with Gasteiger partial charge < -0.3 is 9.47 Å². The van der Waals surface area contributed by atoms with Crippen molar-refractivity contribution in [2.45, 2.75) is 6.61 Å². The van der Waals surface area contributed by atoms with Crippen molar-refractivity contribution in [1.29, 1.82) is 5.26 Å². The van der Waals surface area contributed by atoms with Crippen LogP contribution in [-0.2, 0) is 11.3 Å². The molecule has 1 heterocycles. The van der Waals surface area contributed by atoms with E-state index in [9.17, 15) is 4.39 Å². The second-order valence-corrected chi connectivity index (χ2v) is 2.62. The highest BCUT2D eigenvalue weighted by atomic mass is 19.1. The summed E-state index contributed by atoms with van der Waals surface area (Å²) in [5.41, 5.74) is 0.506. The van der Waals surface area contributed by atoms with E-state index in [0.29, 0.717) is 11.3 Å². The van der Waals surface area contributed by atoms with Gasteiger partial charge in [0.2, 0.25) is 0 Å². The number of benzene rings is 1. The lowest BCUT2D eigenvalue weighted by Crippen LogP contribution is -2.13. The van der Waals surface area contributed by atoms with Gasteiger partial charge in [0.1, 0.15) is 17.6 Å². The first-order valence-corrected chi connectivity index (χ1v) is 3.75. The average molecular weight is 179 g/mol. The highest BCUT2D eigenvalue weighted by molar-refractivity contribution is 5.47. The molecule has 1 aliphatic heterocycles. The summed E-state index contributed by atoms with van der Waals surface area (Å²) in [5, 5.41) is 8.67. The predicted octanol–water partition coefficient (Wildman–Crippen LogP) is 1.56. The summed E-state index contributed by atoms with van der Waals surface area (Å²) in [6.07, 6.45) is 0. The average Bonchev–Trinajstić information content (AvgIpc) is 2.18. The van der Waals surface area contributed by atoms with Gasteiger partial charge >= 0.3 is 0 Å². The molecule has 1 aromatic rings. The second-order valence-electron chi connectivity index (χ2n) is 2.62. The lowest BCUT2D eigenvalue weighted by atomic mass is 10.1. The van der Waals surface area contributed by atoms with Gasteiger partial charge in [0, 0.05) is 5.56 Å². The van der Waals surface area contributed by atoms with Crippen LogP contribution in [0, 0.1) is 17.1 Å². The monoisotopic (exact) mass is 179 g/mol. The molecule has 0 bridgehead atoms. The maximum absolute atomic E-state index is 13.0. The standard InChI is InChI=1S/C9H6FNO2/c10-8-1-2-9-7(6(8)3-11)4-12-5-13-9/h1-2H,4-5H2. The van der Waals surface area contributed by atoms with Gasteiger partial charge in [0.25, 0.3) is 0 Å². The summed E-state index contributed by atoms with van der Waals surface area (Å²) < 4.78 is 23.1. The topological polar surface area (TPSA) is 42.2 Å². The van der Waals surface area contributed by atoms with Crippen molar-refractivity contribution in [1.82, 2.24) is 0 Å². The number of nitrogens with zero attached hydrogens (tertiary/aromatic N) is 1. The molecule has 0 aromatic heterocycles. The molecule has 3 nitrogen and oxygen atoms in total. The van der Waals surface area contributed by atoms with Crippen LogP contribution in [-0.4, -0.2) is 6.79 Å². The number of rotatable bonds is 0. The van der Waals surface area contributed by atoms with Crippen molar-refractivity contribution >= 4 is 0 Å². The van der Waals surface area contributed by atoms with Crippen LogP contribution in [0.4, 0.5) is 4.39 Å². The summed E-state index contributed by atoms with van der Waals surface area (Å²) in [6, 6.07) is 4.52. The Balaban J connectivity index is 2.60. The van der Waals surface area contributed by atoms with E-state index in [0.717, 1.165) is 0 Å². The van der Waals surface area contributed by atoms with Gasteiger partial charge in [-0.05, 0) is 12.1 Å². The van der Waals surface area contributed by atoms with Crippen LogP contribution in [0.15, 0.2) is 12.1 Å². The molecule has 0 spiro atoms. The Bertz CT molecular complexity index is 384. The smallest absolute Gasteiger partial charge is 0.189 e. The fourth-order valence-corrected chi connectivity index (χ4v) is 1.25. The molecule has 0 fully saturated rings. The van der Waals surface area contributed by atoms with Crippen LogP contribution in [0.25, 0.3) is 0 Å². The van der Waals surface area contributed by atoms with E-state index in [1.807, 2.05) is 0 Å². The number of fused-ring (bicyclic) bond motifs is 1. The molecule has 0 unspecified atom stereocenters. The molecule has 0 saturated heterocycles. The molecule has 1 aromatic carbocycles. The minimum atomic E-state index is -0.532.